The number of rotatable bonds is 4. The van der Waals surface area contributed by atoms with Gasteiger partial charge in [-0.25, -0.2) is 9.37 Å². The van der Waals surface area contributed by atoms with Gasteiger partial charge in [0.2, 0.25) is 5.88 Å². The lowest BCUT2D eigenvalue weighted by molar-refractivity contribution is 0.393. The third-order valence-corrected chi connectivity index (χ3v) is 3.53. The molecule has 0 aliphatic carbocycles. The van der Waals surface area contributed by atoms with Gasteiger partial charge in [0, 0.05) is 23.7 Å². The highest BCUT2D eigenvalue weighted by molar-refractivity contribution is 5.64. The van der Waals surface area contributed by atoms with Crippen LogP contribution in [0.5, 0.6) is 5.88 Å². The van der Waals surface area contributed by atoms with E-state index in [1.165, 1.54) is 12.1 Å². The first kappa shape index (κ1) is 14.3. The highest BCUT2D eigenvalue weighted by Gasteiger charge is 2.08. The van der Waals surface area contributed by atoms with Crippen molar-refractivity contribution in [2.24, 2.45) is 0 Å². The summed E-state index contributed by atoms with van der Waals surface area (Å²) in [6.07, 6.45) is 2.46. The zero-order valence-corrected chi connectivity index (χ0v) is 12.3. The van der Waals surface area contributed by atoms with Crippen molar-refractivity contribution in [3.8, 4) is 17.0 Å². The average Bonchev–Trinajstić information content (AvgIpc) is 2.58. The number of ether oxygens (including phenoxy) is 1. The second-order valence-corrected chi connectivity index (χ2v) is 5.06. The first-order valence-electron chi connectivity index (χ1n) is 7.09. The van der Waals surface area contributed by atoms with E-state index in [2.05, 4.69) is 11.1 Å². The Hall–Kier alpha value is -2.68. The topological polar surface area (TPSA) is 22.1 Å². The Bertz CT molecular complexity index is 754. The van der Waals surface area contributed by atoms with Crippen LogP contribution in [0, 0.1) is 5.82 Å². The van der Waals surface area contributed by atoms with E-state index < -0.39 is 0 Å². The smallest absolute Gasteiger partial charge is 0.216 e. The summed E-state index contributed by atoms with van der Waals surface area (Å²) in [5.41, 5.74) is 4.15. The monoisotopic (exact) mass is 293 g/mol. The predicted octanol–water partition coefficient (Wildman–Crippen LogP) is 4.49. The van der Waals surface area contributed by atoms with Crippen molar-refractivity contribution in [3.05, 3.63) is 83.8 Å². The Balaban J connectivity index is 1.96. The molecule has 0 saturated heterocycles. The van der Waals surface area contributed by atoms with E-state index in [9.17, 15) is 4.39 Å². The molecule has 2 nitrogen and oxygen atoms in total. The molecule has 110 valence electrons. The molecule has 0 spiro atoms. The zero-order chi connectivity index (χ0) is 15.4. The summed E-state index contributed by atoms with van der Waals surface area (Å²) >= 11 is 0. The van der Waals surface area contributed by atoms with E-state index >= 15 is 0 Å². The number of benzene rings is 2. The number of nitrogens with zero attached hydrogens (tertiary/aromatic N) is 1. The normalized spacial score (nSPS) is 10.5. The van der Waals surface area contributed by atoms with E-state index in [-0.39, 0.29) is 5.82 Å². The zero-order valence-electron chi connectivity index (χ0n) is 12.3. The van der Waals surface area contributed by atoms with E-state index in [4.69, 9.17) is 4.74 Å². The van der Waals surface area contributed by atoms with E-state index in [1.54, 1.807) is 19.2 Å². The molecule has 0 amide bonds. The van der Waals surface area contributed by atoms with Crippen LogP contribution >= 0.6 is 0 Å². The van der Waals surface area contributed by atoms with Crippen molar-refractivity contribution in [1.29, 1.82) is 0 Å². The molecule has 1 heterocycles. The van der Waals surface area contributed by atoms with Crippen molar-refractivity contribution in [2.75, 3.05) is 7.11 Å². The Morgan fingerprint density at radius 1 is 0.955 bits per heavy atom. The predicted molar refractivity (Wildman–Crippen MR) is 85.4 cm³/mol. The molecule has 0 saturated carbocycles. The fourth-order valence-corrected chi connectivity index (χ4v) is 2.42. The minimum atomic E-state index is -0.230. The van der Waals surface area contributed by atoms with Crippen molar-refractivity contribution in [3.63, 3.8) is 0 Å². The standard InChI is InChI=1S/C19H16FNO/c1-22-19-16(11-14-7-9-18(20)10-8-14)12-17(13-21-19)15-5-3-2-4-6-15/h2-10,12-13H,11H2,1H3. The summed E-state index contributed by atoms with van der Waals surface area (Å²) in [7, 11) is 1.61. The van der Waals surface area contributed by atoms with Crippen molar-refractivity contribution < 1.29 is 9.13 Å². The molecule has 3 aromatic rings. The van der Waals surface area contributed by atoms with Gasteiger partial charge >= 0.3 is 0 Å². The fourth-order valence-electron chi connectivity index (χ4n) is 2.42. The van der Waals surface area contributed by atoms with E-state index in [0.29, 0.717) is 12.3 Å². The van der Waals surface area contributed by atoms with E-state index in [0.717, 1.165) is 22.3 Å². The average molecular weight is 293 g/mol. The Morgan fingerprint density at radius 3 is 2.36 bits per heavy atom. The van der Waals surface area contributed by atoms with Crippen molar-refractivity contribution in [1.82, 2.24) is 4.98 Å². The number of aromatic nitrogens is 1. The fraction of sp³-hybridized carbons (Fsp3) is 0.105. The summed E-state index contributed by atoms with van der Waals surface area (Å²) in [5, 5.41) is 0. The number of hydrogen-bond donors (Lipinski definition) is 0. The minimum Gasteiger partial charge on any atom is -0.481 e. The molecule has 3 heteroatoms. The SMILES string of the molecule is COc1ncc(-c2ccccc2)cc1Cc1ccc(F)cc1. The van der Waals surface area contributed by atoms with Gasteiger partial charge in [-0.15, -0.1) is 0 Å². The van der Waals surface area contributed by atoms with Crippen LogP contribution < -0.4 is 4.74 Å². The number of hydrogen-bond acceptors (Lipinski definition) is 2. The maximum Gasteiger partial charge on any atom is 0.216 e. The summed E-state index contributed by atoms with van der Waals surface area (Å²) in [6, 6.07) is 18.7. The lowest BCUT2D eigenvalue weighted by atomic mass is 10.0. The van der Waals surface area contributed by atoms with Gasteiger partial charge in [0.15, 0.2) is 0 Å². The summed E-state index contributed by atoms with van der Waals surface area (Å²) in [5.74, 6) is 0.371. The van der Waals surface area contributed by atoms with Crippen LogP contribution in [0.2, 0.25) is 0 Å². The number of pyridine rings is 1. The second kappa shape index (κ2) is 6.39. The first-order valence-corrected chi connectivity index (χ1v) is 7.09. The second-order valence-electron chi connectivity index (χ2n) is 5.06. The molecule has 1 aromatic heterocycles. The number of halogens is 1. The molecular formula is C19H16FNO. The van der Waals surface area contributed by atoms with Crippen LogP contribution in [0.15, 0.2) is 66.9 Å². The molecule has 0 bridgehead atoms. The Labute approximate surface area is 129 Å². The molecule has 0 aliphatic rings. The highest BCUT2D eigenvalue weighted by atomic mass is 19.1. The van der Waals surface area contributed by atoms with Crippen LogP contribution in [0.1, 0.15) is 11.1 Å². The van der Waals surface area contributed by atoms with Gasteiger partial charge in [-0.1, -0.05) is 42.5 Å². The van der Waals surface area contributed by atoms with Crippen LogP contribution in [0.3, 0.4) is 0 Å². The third-order valence-electron chi connectivity index (χ3n) is 3.53. The first-order chi connectivity index (χ1) is 10.8. The quantitative estimate of drug-likeness (QED) is 0.707. The van der Waals surface area contributed by atoms with Gasteiger partial charge in [0.25, 0.3) is 0 Å². The molecule has 0 fully saturated rings. The number of methoxy groups -OCH3 is 1. The molecule has 22 heavy (non-hydrogen) atoms. The maximum atomic E-state index is 13.0. The Kier molecular flexibility index (Phi) is 4.15. The lowest BCUT2D eigenvalue weighted by Gasteiger charge is -2.10. The third kappa shape index (κ3) is 3.14. The molecule has 0 radical (unpaired) electrons. The largest absolute Gasteiger partial charge is 0.481 e. The van der Waals surface area contributed by atoms with Gasteiger partial charge in [0.1, 0.15) is 5.82 Å². The minimum absolute atomic E-state index is 0.230. The Morgan fingerprint density at radius 2 is 1.68 bits per heavy atom. The van der Waals surface area contributed by atoms with Crippen LogP contribution in [0.25, 0.3) is 11.1 Å². The summed E-state index contributed by atoms with van der Waals surface area (Å²) in [4.78, 5) is 4.39. The molecule has 0 N–H and O–H groups in total. The van der Waals surface area contributed by atoms with Crippen LogP contribution in [-0.4, -0.2) is 12.1 Å². The van der Waals surface area contributed by atoms with Gasteiger partial charge < -0.3 is 4.74 Å². The highest BCUT2D eigenvalue weighted by Crippen LogP contribution is 2.26. The molecule has 0 unspecified atom stereocenters. The molecule has 0 aliphatic heterocycles. The summed E-state index contributed by atoms with van der Waals surface area (Å²) in [6.45, 7) is 0. The molecule has 0 atom stereocenters. The van der Waals surface area contributed by atoms with Crippen molar-refractivity contribution >= 4 is 0 Å². The van der Waals surface area contributed by atoms with Crippen LogP contribution in [-0.2, 0) is 6.42 Å². The van der Waals surface area contributed by atoms with Gasteiger partial charge in [-0.2, -0.15) is 0 Å². The van der Waals surface area contributed by atoms with Gasteiger partial charge in [-0.3, -0.25) is 0 Å². The molecule has 3 rings (SSSR count). The van der Waals surface area contributed by atoms with Gasteiger partial charge in [-0.05, 0) is 29.3 Å². The van der Waals surface area contributed by atoms with Crippen LogP contribution in [0.4, 0.5) is 4.39 Å². The van der Waals surface area contributed by atoms with E-state index in [1.807, 2.05) is 36.5 Å². The van der Waals surface area contributed by atoms with Gasteiger partial charge in [0.05, 0.1) is 7.11 Å². The summed E-state index contributed by atoms with van der Waals surface area (Å²) < 4.78 is 18.4. The molecular weight excluding hydrogens is 277 g/mol. The lowest BCUT2D eigenvalue weighted by Crippen LogP contribution is -1.97. The van der Waals surface area contributed by atoms with Crippen molar-refractivity contribution in [2.45, 2.75) is 6.42 Å². The molecule has 2 aromatic carbocycles. The maximum absolute atomic E-state index is 13.0.